The molecule has 2 aliphatic rings. The Morgan fingerprint density at radius 1 is 1.38 bits per heavy atom. The monoisotopic (exact) mass is 482 g/mol. The van der Waals surface area contributed by atoms with Gasteiger partial charge in [-0.3, -0.25) is 4.99 Å². The average Bonchev–Trinajstić information content (AvgIpc) is 3.56. The molecule has 1 aromatic carbocycles. The number of benzene rings is 1. The van der Waals surface area contributed by atoms with E-state index >= 15 is 4.39 Å². The fourth-order valence-corrected chi connectivity index (χ4v) is 5.81. The lowest BCUT2D eigenvalue weighted by molar-refractivity contribution is 0.264. The molecule has 8 nitrogen and oxygen atoms in total. The van der Waals surface area contributed by atoms with Crippen molar-refractivity contribution < 1.29 is 18.6 Å². The van der Waals surface area contributed by atoms with Crippen molar-refractivity contribution >= 4 is 39.5 Å². The summed E-state index contributed by atoms with van der Waals surface area (Å²) in [4.78, 5) is 17.4. The Morgan fingerprint density at radius 3 is 2.97 bits per heavy atom. The summed E-state index contributed by atoms with van der Waals surface area (Å²) in [6.07, 6.45) is 8.71. The number of nitrogens with zero attached hydrogens (tertiary/aromatic N) is 4. The number of fused-ring (bicyclic) bond motifs is 2. The van der Waals surface area contributed by atoms with E-state index in [1.165, 1.54) is 30.2 Å². The maximum atomic E-state index is 15.0. The summed E-state index contributed by atoms with van der Waals surface area (Å²) in [6, 6.07) is 4.17. The van der Waals surface area contributed by atoms with Crippen molar-refractivity contribution in [3.63, 3.8) is 0 Å². The van der Waals surface area contributed by atoms with E-state index in [4.69, 9.17) is 16.9 Å². The van der Waals surface area contributed by atoms with Crippen molar-refractivity contribution in [2.24, 2.45) is 16.6 Å². The predicted molar refractivity (Wildman–Crippen MR) is 126 cm³/mol. The number of aliphatic imine (C=N–C) groups is 1. The summed E-state index contributed by atoms with van der Waals surface area (Å²) in [5.74, 6) is 0.682. The average molecular weight is 483 g/mol. The minimum atomic E-state index is -1.13. The van der Waals surface area contributed by atoms with E-state index in [0.29, 0.717) is 23.3 Å². The number of aliphatic hydroxyl groups is 1. The van der Waals surface area contributed by atoms with Crippen molar-refractivity contribution in [2.75, 3.05) is 18.5 Å². The number of amidine groups is 1. The molecule has 0 saturated heterocycles. The van der Waals surface area contributed by atoms with Crippen molar-refractivity contribution in [1.82, 2.24) is 15.0 Å². The Hall–Kier alpha value is -3.49. The van der Waals surface area contributed by atoms with Gasteiger partial charge in [0.2, 0.25) is 5.88 Å². The Bertz CT molecular complexity index is 1380. The minimum Gasteiger partial charge on any atom is -0.463 e. The summed E-state index contributed by atoms with van der Waals surface area (Å²) in [6.45, 7) is 1.64. The van der Waals surface area contributed by atoms with Gasteiger partial charge in [0.1, 0.15) is 5.52 Å². The molecule has 2 aromatic heterocycles. The van der Waals surface area contributed by atoms with Crippen molar-refractivity contribution in [3.05, 3.63) is 47.8 Å². The quantitative estimate of drug-likeness (QED) is 0.459. The smallest absolute Gasteiger partial charge is 0.233 e. The second-order valence-corrected chi connectivity index (χ2v) is 9.79. The molecule has 0 bridgehead atoms. The fraction of sp³-hybridized carbons (Fsp3) is 0.304. The van der Waals surface area contributed by atoms with Gasteiger partial charge in [0.05, 0.1) is 28.6 Å². The molecule has 0 spiro atoms. The first-order chi connectivity index (χ1) is 16.3. The number of aromatic nitrogens is 3. The van der Waals surface area contributed by atoms with Crippen LogP contribution in [-0.4, -0.2) is 43.2 Å². The lowest BCUT2D eigenvalue weighted by Gasteiger charge is -2.34. The summed E-state index contributed by atoms with van der Waals surface area (Å²) in [5, 5.41) is 13.1. The molecule has 0 unspecified atom stereocenters. The number of rotatable bonds is 6. The number of hydrogen-bond acceptors (Lipinski definition) is 9. The highest BCUT2D eigenvalue weighted by Gasteiger charge is 2.66. The lowest BCUT2D eigenvalue weighted by Crippen LogP contribution is -2.37. The third-order valence-corrected chi connectivity index (χ3v) is 7.49. The van der Waals surface area contributed by atoms with Crippen LogP contribution in [0.4, 0.5) is 20.3 Å². The van der Waals surface area contributed by atoms with Gasteiger partial charge in [-0.25, -0.2) is 23.7 Å². The number of nitrogens with two attached hydrogens (primary N) is 1. The zero-order chi connectivity index (χ0) is 24.1. The number of pyridine rings is 1. The molecular formula is C23H20F2N6O2S. The van der Waals surface area contributed by atoms with Crippen LogP contribution in [0.1, 0.15) is 18.9 Å². The molecule has 11 heteroatoms. The molecule has 3 heterocycles. The SMILES string of the molecule is C#CCOc1cnc2c(Nc3cc(F)c(F)c([C@@]4(C)N=C(N)S[C@]5(CO)C[C@H]54)c3)nccc2n1. The zero-order valence-electron chi connectivity index (χ0n) is 18.0. The first kappa shape index (κ1) is 22.3. The Labute approximate surface area is 198 Å². The van der Waals surface area contributed by atoms with Crippen LogP contribution in [0.2, 0.25) is 0 Å². The van der Waals surface area contributed by atoms with Gasteiger partial charge in [-0.2, -0.15) is 0 Å². The highest BCUT2D eigenvalue weighted by Crippen LogP contribution is 2.65. The van der Waals surface area contributed by atoms with Crippen LogP contribution in [0.25, 0.3) is 11.0 Å². The number of hydrogen-bond donors (Lipinski definition) is 3. The van der Waals surface area contributed by atoms with Gasteiger partial charge < -0.3 is 20.9 Å². The number of thioether (sulfide) groups is 1. The highest BCUT2D eigenvalue weighted by molar-refractivity contribution is 8.15. The first-order valence-corrected chi connectivity index (χ1v) is 11.2. The van der Waals surface area contributed by atoms with Crippen LogP contribution in [0.15, 0.2) is 35.6 Å². The van der Waals surface area contributed by atoms with E-state index in [0.717, 1.165) is 6.07 Å². The molecule has 34 heavy (non-hydrogen) atoms. The molecule has 3 atom stereocenters. The number of terminal acetylenes is 1. The molecule has 3 aromatic rings. The fourth-order valence-electron chi connectivity index (χ4n) is 4.47. The van der Waals surface area contributed by atoms with Gasteiger partial charge >= 0.3 is 0 Å². The van der Waals surface area contributed by atoms with Crippen LogP contribution in [0, 0.1) is 29.9 Å². The zero-order valence-corrected chi connectivity index (χ0v) is 18.9. The van der Waals surface area contributed by atoms with E-state index in [9.17, 15) is 9.50 Å². The Kier molecular flexibility index (Phi) is 5.30. The van der Waals surface area contributed by atoms with E-state index in [2.05, 4.69) is 31.2 Å². The maximum absolute atomic E-state index is 15.0. The van der Waals surface area contributed by atoms with Gasteiger partial charge in [-0.15, -0.1) is 6.42 Å². The topological polar surface area (TPSA) is 119 Å². The predicted octanol–water partition coefficient (Wildman–Crippen LogP) is 3.09. The van der Waals surface area contributed by atoms with Crippen LogP contribution in [0.3, 0.4) is 0 Å². The van der Waals surface area contributed by atoms with Gasteiger partial charge in [-0.1, -0.05) is 17.7 Å². The largest absolute Gasteiger partial charge is 0.463 e. The van der Waals surface area contributed by atoms with E-state index in [-0.39, 0.29) is 41.4 Å². The highest BCUT2D eigenvalue weighted by atomic mass is 32.2. The molecular weight excluding hydrogens is 462 g/mol. The second kappa shape index (κ2) is 8.07. The first-order valence-electron chi connectivity index (χ1n) is 10.4. The second-order valence-electron chi connectivity index (χ2n) is 8.35. The summed E-state index contributed by atoms with van der Waals surface area (Å²) >= 11 is 1.28. The molecule has 4 N–H and O–H groups in total. The van der Waals surface area contributed by atoms with Gasteiger partial charge in [0.25, 0.3) is 0 Å². The van der Waals surface area contributed by atoms with Crippen LogP contribution >= 0.6 is 11.8 Å². The van der Waals surface area contributed by atoms with Gasteiger partial charge in [0, 0.05) is 29.4 Å². The number of aliphatic hydroxyl groups excluding tert-OH is 1. The van der Waals surface area contributed by atoms with Gasteiger partial charge in [0.15, 0.2) is 29.2 Å². The number of anilines is 2. The molecule has 0 radical (unpaired) electrons. The number of ether oxygens (including phenoxy) is 1. The van der Waals surface area contributed by atoms with Crippen LogP contribution in [-0.2, 0) is 5.54 Å². The maximum Gasteiger partial charge on any atom is 0.233 e. The molecule has 1 aliphatic carbocycles. The van der Waals surface area contributed by atoms with Crippen molar-refractivity contribution in [3.8, 4) is 18.2 Å². The van der Waals surface area contributed by atoms with Crippen molar-refractivity contribution in [1.29, 1.82) is 0 Å². The van der Waals surface area contributed by atoms with Crippen LogP contribution < -0.4 is 15.8 Å². The van der Waals surface area contributed by atoms with Gasteiger partial charge in [-0.05, 0) is 25.5 Å². The molecule has 1 fully saturated rings. The standard InChI is InChI=1S/C23H20F2N6O2S/c1-3-6-33-17-10-28-19-15(30-17)4-5-27-20(19)29-12-7-13(18(25)14(24)8-12)22(2)16-9-23(16,11-32)34-21(26)31-22/h1,4-5,7-8,10,16,32H,6,9,11H2,2H3,(H2,26,31)(H,27,29)/t16-,22+,23-/m0/s1. The summed E-state index contributed by atoms with van der Waals surface area (Å²) in [5.41, 5.74) is 6.07. The number of halogens is 2. The molecule has 0 amide bonds. The minimum absolute atomic E-state index is 0.0508. The summed E-state index contributed by atoms with van der Waals surface area (Å²) < 4.78 is 34.6. The number of nitrogens with one attached hydrogen (secondary N) is 1. The third-order valence-electron chi connectivity index (χ3n) is 6.20. The molecule has 1 aliphatic heterocycles. The molecule has 174 valence electrons. The van der Waals surface area contributed by atoms with E-state index < -0.39 is 21.9 Å². The molecule has 5 rings (SSSR count). The van der Waals surface area contributed by atoms with E-state index in [1.807, 2.05) is 0 Å². The van der Waals surface area contributed by atoms with Crippen LogP contribution in [0.5, 0.6) is 5.88 Å². The lowest BCUT2D eigenvalue weighted by atomic mass is 9.85. The summed E-state index contributed by atoms with van der Waals surface area (Å²) in [7, 11) is 0. The third kappa shape index (κ3) is 3.59. The Morgan fingerprint density at radius 2 is 2.21 bits per heavy atom. The molecule has 1 saturated carbocycles. The van der Waals surface area contributed by atoms with E-state index in [1.54, 1.807) is 13.0 Å². The van der Waals surface area contributed by atoms with Crippen molar-refractivity contribution in [2.45, 2.75) is 23.6 Å². The normalized spacial score (nSPS) is 25.3. The Balaban J connectivity index is 1.53.